The van der Waals surface area contributed by atoms with Crippen LogP contribution in [-0.2, 0) is 10.0 Å². The van der Waals surface area contributed by atoms with E-state index in [1.807, 2.05) is 0 Å². The van der Waals surface area contributed by atoms with Crippen molar-refractivity contribution >= 4 is 21.8 Å². The first kappa shape index (κ1) is 24.3. The fraction of sp³-hybridized carbons (Fsp3) is 0.417. The van der Waals surface area contributed by atoms with E-state index in [-0.39, 0.29) is 23.4 Å². The number of benzene rings is 2. The number of hydrogen-bond donors (Lipinski definition) is 1. The lowest BCUT2D eigenvalue weighted by Crippen LogP contribution is -2.46. The van der Waals surface area contributed by atoms with Crippen molar-refractivity contribution in [2.75, 3.05) is 26.2 Å². The maximum Gasteiger partial charge on any atom is 0.253 e. The highest BCUT2D eigenvalue weighted by atomic mass is 32.2. The second-order valence-electron chi connectivity index (χ2n) is 8.66. The zero-order chi connectivity index (χ0) is 24.3. The van der Waals surface area contributed by atoms with Crippen LogP contribution in [0.2, 0.25) is 0 Å². The van der Waals surface area contributed by atoms with E-state index in [1.165, 1.54) is 34.6 Å². The van der Waals surface area contributed by atoms with Crippen molar-refractivity contribution in [3.8, 4) is 0 Å². The Balaban J connectivity index is 1.40. The van der Waals surface area contributed by atoms with Gasteiger partial charge >= 0.3 is 0 Å². The second-order valence-corrected chi connectivity index (χ2v) is 10.6. The number of piperidine rings is 2. The minimum Gasteiger partial charge on any atom is -0.349 e. The monoisotopic (exact) mass is 491 g/mol. The van der Waals surface area contributed by atoms with E-state index < -0.39 is 26.6 Å². The molecule has 0 atom stereocenters. The highest BCUT2D eigenvalue weighted by Gasteiger charge is 2.31. The molecule has 2 aliphatic heterocycles. The summed E-state index contributed by atoms with van der Waals surface area (Å²) in [6, 6.07) is 8.57. The lowest BCUT2D eigenvalue weighted by atomic mass is 10.0. The fourth-order valence-corrected chi connectivity index (χ4v) is 5.97. The second kappa shape index (κ2) is 10.2. The van der Waals surface area contributed by atoms with Crippen molar-refractivity contribution < 1.29 is 26.8 Å². The van der Waals surface area contributed by atoms with Gasteiger partial charge in [-0.15, -0.1) is 0 Å². The van der Waals surface area contributed by atoms with E-state index in [0.717, 1.165) is 31.4 Å². The molecule has 0 saturated carbocycles. The first-order valence-electron chi connectivity index (χ1n) is 11.4. The minimum atomic E-state index is -4.01. The van der Waals surface area contributed by atoms with Crippen LogP contribution in [0.1, 0.15) is 52.8 Å². The summed E-state index contributed by atoms with van der Waals surface area (Å²) in [4.78, 5) is 26.5. The number of hydrogen-bond acceptors (Lipinski definition) is 4. The third-order valence-corrected chi connectivity index (χ3v) is 8.25. The molecule has 2 heterocycles. The summed E-state index contributed by atoms with van der Waals surface area (Å²) in [7, 11) is -4.01. The van der Waals surface area contributed by atoms with Gasteiger partial charge in [0.25, 0.3) is 11.8 Å². The Hall–Kier alpha value is -2.85. The van der Waals surface area contributed by atoms with E-state index in [9.17, 15) is 26.8 Å². The third-order valence-electron chi connectivity index (χ3n) is 6.33. The van der Waals surface area contributed by atoms with Gasteiger partial charge in [-0.05, 0) is 68.1 Å². The van der Waals surface area contributed by atoms with Crippen LogP contribution in [0, 0.1) is 11.6 Å². The maximum absolute atomic E-state index is 14.5. The van der Waals surface area contributed by atoms with Gasteiger partial charge in [-0.25, -0.2) is 17.2 Å². The first-order chi connectivity index (χ1) is 16.3. The Kier molecular flexibility index (Phi) is 7.27. The number of halogens is 2. The number of carbonyl (C=O) groups excluding carboxylic acids is 2. The van der Waals surface area contributed by atoms with Gasteiger partial charge in [-0.1, -0.05) is 6.42 Å². The fourth-order valence-electron chi connectivity index (χ4n) is 4.36. The summed E-state index contributed by atoms with van der Waals surface area (Å²) >= 11 is 0. The Bertz CT molecular complexity index is 1160. The Labute approximate surface area is 197 Å². The van der Waals surface area contributed by atoms with Gasteiger partial charge in [-0.3, -0.25) is 9.59 Å². The maximum atomic E-state index is 14.5. The molecule has 2 aromatic carbocycles. The average Bonchev–Trinajstić information content (AvgIpc) is 2.85. The smallest absolute Gasteiger partial charge is 0.253 e. The molecule has 0 aromatic heterocycles. The van der Waals surface area contributed by atoms with E-state index in [1.54, 1.807) is 4.90 Å². The van der Waals surface area contributed by atoms with Gasteiger partial charge in [0.1, 0.15) is 16.5 Å². The number of likely N-dealkylation sites (tertiary alicyclic amines) is 1. The molecule has 1 N–H and O–H groups in total. The normalized spacial score (nSPS) is 18.0. The van der Waals surface area contributed by atoms with Gasteiger partial charge in [0.05, 0.1) is 0 Å². The van der Waals surface area contributed by atoms with Crippen LogP contribution in [0.4, 0.5) is 8.78 Å². The number of nitrogens with one attached hydrogen (secondary N) is 1. The summed E-state index contributed by atoms with van der Waals surface area (Å²) in [5.74, 6) is -1.98. The number of carbonyl (C=O) groups is 2. The lowest BCUT2D eigenvalue weighted by Gasteiger charge is -2.32. The zero-order valence-corrected chi connectivity index (χ0v) is 19.5. The van der Waals surface area contributed by atoms with Crippen LogP contribution in [0.25, 0.3) is 0 Å². The molecule has 7 nitrogen and oxygen atoms in total. The van der Waals surface area contributed by atoms with E-state index in [2.05, 4.69) is 5.32 Å². The third kappa shape index (κ3) is 5.28. The summed E-state index contributed by atoms with van der Waals surface area (Å²) in [6.07, 6.45) is 3.42. The number of nitrogens with zero attached hydrogens (tertiary/aromatic N) is 2. The van der Waals surface area contributed by atoms with Crippen molar-refractivity contribution in [1.29, 1.82) is 0 Å². The highest BCUT2D eigenvalue weighted by molar-refractivity contribution is 7.89. The molecule has 2 saturated heterocycles. The van der Waals surface area contributed by atoms with Gasteiger partial charge in [-0.2, -0.15) is 4.31 Å². The lowest BCUT2D eigenvalue weighted by molar-refractivity contribution is 0.0697. The molecule has 2 aliphatic rings. The van der Waals surface area contributed by atoms with E-state index in [0.29, 0.717) is 44.6 Å². The largest absolute Gasteiger partial charge is 0.349 e. The SMILES string of the molecule is O=C(NC1CCN(C(=O)c2ccc(F)c(S(=O)(=O)N3CCCCC3)c2)CC1)c1ccc(F)cc1. The molecule has 10 heteroatoms. The van der Waals surface area contributed by atoms with Crippen LogP contribution in [-0.4, -0.2) is 61.7 Å². The van der Waals surface area contributed by atoms with Gasteiger partial charge in [0.15, 0.2) is 0 Å². The summed E-state index contributed by atoms with van der Waals surface area (Å²) < 4.78 is 54.7. The van der Waals surface area contributed by atoms with Crippen LogP contribution >= 0.6 is 0 Å². The predicted octanol–water partition coefficient (Wildman–Crippen LogP) is 3.17. The number of amides is 2. The van der Waals surface area contributed by atoms with Crippen LogP contribution in [0.3, 0.4) is 0 Å². The minimum absolute atomic E-state index is 0.116. The number of sulfonamides is 1. The van der Waals surface area contributed by atoms with Gasteiger partial charge < -0.3 is 10.2 Å². The van der Waals surface area contributed by atoms with E-state index >= 15 is 0 Å². The quantitative estimate of drug-likeness (QED) is 0.696. The topological polar surface area (TPSA) is 86.8 Å². The standard InChI is InChI=1S/C24H27F2N3O4S/c25-19-7-4-17(5-8-19)23(30)27-20-10-14-28(15-11-20)24(31)18-6-9-21(26)22(16-18)34(32,33)29-12-2-1-3-13-29/h4-9,16,20H,1-3,10-15H2,(H,27,30). The van der Waals surface area contributed by atoms with Crippen LogP contribution in [0.5, 0.6) is 0 Å². The van der Waals surface area contributed by atoms with Crippen molar-refractivity contribution in [3.05, 3.63) is 65.2 Å². The molecule has 0 radical (unpaired) electrons. The van der Waals surface area contributed by atoms with Crippen molar-refractivity contribution in [2.45, 2.75) is 43.0 Å². The molecule has 0 spiro atoms. The molecular formula is C24H27F2N3O4S. The summed E-state index contributed by atoms with van der Waals surface area (Å²) in [5, 5.41) is 2.89. The Morgan fingerprint density at radius 2 is 1.47 bits per heavy atom. The van der Waals surface area contributed by atoms with Gasteiger partial charge in [0.2, 0.25) is 10.0 Å². The molecule has 2 fully saturated rings. The van der Waals surface area contributed by atoms with Crippen molar-refractivity contribution in [2.24, 2.45) is 0 Å². The summed E-state index contributed by atoms with van der Waals surface area (Å²) in [5.41, 5.74) is 0.472. The zero-order valence-electron chi connectivity index (χ0n) is 18.7. The van der Waals surface area contributed by atoms with Crippen molar-refractivity contribution in [3.63, 3.8) is 0 Å². The van der Waals surface area contributed by atoms with E-state index in [4.69, 9.17) is 0 Å². The first-order valence-corrected chi connectivity index (χ1v) is 12.8. The predicted molar refractivity (Wildman–Crippen MR) is 122 cm³/mol. The number of rotatable bonds is 5. The Morgan fingerprint density at radius 1 is 0.853 bits per heavy atom. The average molecular weight is 492 g/mol. The van der Waals surface area contributed by atoms with Crippen LogP contribution in [0.15, 0.2) is 47.4 Å². The van der Waals surface area contributed by atoms with Gasteiger partial charge in [0, 0.05) is 43.3 Å². The molecule has 34 heavy (non-hydrogen) atoms. The molecule has 2 amide bonds. The summed E-state index contributed by atoms with van der Waals surface area (Å²) in [6.45, 7) is 1.41. The molecule has 0 aliphatic carbocycles. The van der Waals surface area contributed by atoms with Crippen molar-refractivity contribution in [1.82, 2.24) is 14.5 Å². The molecule has 182 valence electrons. The molecular weight excluding hydrogens is 464 g/mol. The molecule has 0 unspecified atom stereocenters. The molecule has 4 rings (SSSR count). The Morgan fingerprint density at radius 3 is 2.12 bits per heavy atom. The molecule has 0 bridgehead atoms. The molecule has 2 aromatic rings. The highest BCUT2D eigenvalue weighted by Crippen LogP contribution is 2.25. The van der Waals surface area contributed by atoms with Crippen LogP contribution < -0.4 is 5.32 Å².